The van der Waals surface area contributed by atoms with Gasteiger partial charge < -0.3 is 10.1 Å². The van der Waals surface area contributed by atoms with Crippen molar-refractivity contribution >= 4 is 5.91 Å². The summed E-state index contributed by atoms with van der Waals surface area (Å²) >= 11 is 0. The van der Waals surface area contributed by atoms with E-state index in [1.165, 1.54) is 5.56 Å². The van der Waals surface area contributed by atoms with E-state index in [-0.39, 0.29) is 12.0 Å². The van der Waals surface area contributed by atoms with Crippen molar-refractivity contribution in [3.63, 3.8) is 0 Å². The van der Waals surface area contributed by atoms with Crippen molar-refractivity contribution in [2.75, 3.05) is 6.54 Å². The first-order valence-electron chi connectivity index (χ1n) is 8.71. The third-order valence-corrected chi connectivity index (χ3v) is 4.23. The number of hydrogen-bond donors (Lipinski definition) is 1. The molecule has 1 aromatic heterocycles. The standard InChI is InChI=1S/C21H24N2O2/c1-14(2)9-10-19(24)23-13-17-12-16-7-4-8-18(21(16)25-17)20-15(3)6-5-11-22-20/h4-11,14,17H,12-13H2,1-3H3,(H,23,24)/b10-9+/t17-/m0/s1. The maximum absolute atomic E-state index is 11.8. The van der Waals surface area contributed by atoms with Crippen LogP contribution in [0.1, 0.15) is 25.0 Å². The van der Waals surface area contributed by atoms with E-state index in [2.05, 4.69) is 29.4 Å². The Morgan fingerprint density at radius 3 is 2.96 bits per heavy atom. The summed E-state index contributed by atoms with van der Waals surface area (Å²) in [5.74, 6) is 1.18. The quantitative estimate of drug-likeness (QED) is 0.847. The topological polar surface area (TPSA) is 51.2 Å². The second kappa shape index (κ2) is 7.51. The highest BCUT2D eigenvalue weighted by Crippen LogP contribution is 2.38. The van der Waals surface area contributed by atoms with Crippen LogP contribution in [0, 0.1) is 12.8 Å². The number of nitrogens with zero attached hydrogens (tertiary/aromatic N) is 1. The maximum Gasteiger partial charge on any atom is 0.243 e. The molecule has 4 heteroatoms. The molecule has 0 spiro atoms. The fourth-order valence-electron chi connectivity index (χ4n) is 2.96. The highest BCUT2D eigenvalue weighted by molar-refractivity contribution is 5.87. The molecule has 3 rings (SSSR count). The van der Waals surface area contributed by atoms with Gasteiger partial charge in [-0.2, -0.15) is 0 Å². The van der Waals surface area contributed by atoms with Gasteiger partial charge >= 0.3 is 0 Å². The van der Waals surface area contributed by atoms with Gasteiger partial charge in [-0.3, -0.25) is 9.78 Å². The minimum Gasteiger partial charge on any atom is -0.487 e. The molecule has 1 aliphatic heterocycles. The number of rotatable bonds is 5. The normalized spacial score (nSPS) is 16.1. The summed E-state index contributed by atoms with van der Waals surface area (Å²) in [5, 5.41) is 2.92. The van der Waals surface area contributed by atoms with Gasteiger partial charge in [0.15, 0.2) is 0 Å². The Labute approximate surface area is 148 Å². The van der Waals surface area contributed by atoms with Gasteiger partial charge in [0.25, 0.3) is 0 Å². The lowest BCUT2D eigenvalue weighted by Gasteiger charge is -2.13. The molecule has 1 aromatic carbocycles. The van der Waals surface area contributed by atoms with Crippen LogP contribution in [0.4, 0.5) is 0 Å². The van der Waals surface area contributed by atoms with E-state index < -0.39 is 0 Å². The van der Waals surface area contributed by atoms with Gasteiger partial charge in [-0.1, -0.05) is 38.1 Å². The lowest BCUT2D eigenvalue weighted by Crippen LogP contribution is -2.33. The van der Waals surface area contributed by atoms with E-state index >= 15 is 0 Å². The van der Waals surface area contributed by atoms with E-state index in [1.807, 2.05) is 38.1 Å². The van der Waals surface area contributed by atoms with Crippen LogP contribution in [0.25, 0.3) is 11.3 Å². The summed E-state index contributed by atoms with van der Waals surface area (Å²) in [6.45, 7) is 6.63. The molecule has 0 fully saturated rings. The second-order valence-electron chi connectivity index (χ2n) is 6.75. The number of aromatic nitrogens is 1. The molecule has 1 aliphatic rings. The Balaban J connectivity index is 1.70. The zero-order chi connectivity index (χ0) is 17.8. The molecular formula is C21H24N2O2. The Morgan fingerprint density at radius 2 is 2.20 bits per heavy atom. The van der Waals surface area contributed by atoms with Crippen molar-refractivity contribution in [2.24, 2.45) is 5.92 Å². The lowest BCUT2D eigenvalue weighted by atomic mass is 10.0. The first-order valence-corrected chi connectivity index (χ1v) is 8.71. The molecule has 0 saturated heterocycles. The lowest BCUT2D eigenvalue weighted by molar-refractivity contribution is -0.116. The van der Waals surface area contributed by atoms with Crippen molar-refractivity contribution in [1.29, 1.82) is 0 Å². The maximum atomic E-state index is 11.8. The predicted molar refractivity (Wildman–Crippen MR) is 99.5 cm³/mol. The van der Waals surface area contributed by atoms with E-state index in [0.29, 0.717) is 12.5 Å². The molecule has 2 heterocycles. The highest BCUT2D eigenvalue weighted by atomic mass is 16.5. The summed E-state index contributed by atoms with van der Waals surface area (Å²) in [5.41, 5.74) is 4.25. The monoisotopic (exact) mass is 336 g/mol. The second-order valence-corrected chi connectivity index (χ2v) is 6.75. The fraction of sp³-hybridized carbons (Fsp3) is 0.333. The smallest absolute Gasteiger partial charge is 0.243 e. The fourth-order valence-corrected chi connectivity index (χ4v) is 2.96. The van der Waals surface area contributed by atoms with E-state index in [9.17, 15) is 4.79 Å². The van der Waals surface area contributed by atoms with Crippen LogP contribution in [0.5, 0.6) is 5.75 Å². The molecule has 4 nitrogen and oxygen atoms in total. The van der Waals surface area contributed by atoms with Crippen LogP contribution in [0.2, 0.25) is 0 Å². The van der Waals surface area contributed by atoms with Crippen LogP contribution >= 0.6 is 0 Å². The molecule has 25 heavy (non-hydrogen) atoms. The molecule has 1 atom stereocenters. The van der Waals surface area contributed by atoms with Crippen LogP contribution in [0.3, 0.4) is 0 Å². The number of nitrogens with one attached hydrogen (secondary N) is 1. The van der Waals surface area contributed by atoms with Crippen molar-refractivity contribution in [3.8, 4) is 17.0 Å². The molecule has 0 saturated carbocycles. The number of hydrogen-bond acceptors (Lipinski definition) is 3. The molecule has 0 unspecified atom stereocenters. The zero-order valence-electron chi connectivity index (χ0n) is 15.0. The Kier molecular flexibility index (Phi) is 5.17. The number of para-hydroxylation sites is 1. The number of carbonyl (C=O) groups is 1. The Bertz CT molecular complexity index is 796. The summed E-state index contributed by atoms with van der Waals surface area (Å²) in [6.07, 6.45) is 6.03. The number of aryl methyl sites for hydroxylation is 1. The van der Waals surface area contributed by atoms with Gasteiger partial charge in [-0.15, -0.1) is 0 Å². The summed E-state index contributed by atoms with van der Waals surface area (Å²) in [6, 6.07) is 10.2. The van der Waals surface area contributed by atoms with E-state index in [0.717, 1.165) is 29.0 Å². The van der Waals surface area contributed by atoms with Crippen molar-refractivity contribution in [1.82, 2.24) is 10.3 Å². The minimum absolute atomic E-state index is 0.0448. The number of benzene rings is 1. The zero-order valence-corrected chi connectivity index (χ0v) is 15.0. The Hall–Kier alpha value is -2.62. The number of pyridine rings is 1. The summed E-state index contributed by atoms with van der Waals surface area (Å²) in [7, 11) is 0. The highest BCUT2D eigenvalue weighted by Gasteiger charge is 2.26. The molecule has 0 bridgehead atoms. The average molecular weight is 336 g/mol. The SMILES string of the molecule is Cc1cccnc1-c1cccc2c1O[C@H](CNC(=O)/C=C/C(C)C)C2. The van der Waals surface area contributed by atoms with Crippen LogP contribution in [-0.2, 0) is 11.2 Å². The van der Waals surface area contributed by atoms with Crippen molar-refractivity contribution in [3.05, 3.63) is 59.8 Å². The van der Waals surface area contributed by atoms with Gasteiger partial charge in [0.2, 0.25) is 5.91 Å². The largest absolute Gasteiger partial charge is 0.487 e. The van der Waals surface area contributed by atoms with Crippen LogP contribution in [0.15, 0.2) is 48.7 Å². The number of ether oxygens (including phenoxy) is 1. The van der Waals surface area contributed by atoms with Crippen LogP contribution < -0.4 is 10.1 Å². The first-order chi connectivity index (χ1) is 12.0. The Morgan fingerprint density at radius 1 is 1.36 bits per heavy atom. The third kappa shape index (κ3) is 4.08. The molecular weight excluding hydrogens is 312 g/mol. The average Bonchev–Trinajstić information content (AvgIpc) is 3.02. The summed E-state index contributed by atoms with van der Waals surface area (Å²) in [4.78, 5) is 16.4. The van der Waals surface area contributed by atoms with Crippen molar-refractivity contribution < 1.29 is 9.53 Å². The number of carbonyl (C=O) groups excluding carboxylic acids is 1. The van der Waals surface area contributed by atoms with Gasteiger partial charge in [0.05, 0.1) is 12.2 Å². The number of amides is 1. The first kappa shape index (κ1) is 17.2. The van der Waals surface area contributed by atoms with Gasteiger partial charge in [-0.25, -0.2) is 0 Å². The summed E-state index contributed by atoms with van der Waals surface area (Å²) < 4.78 is 6.14. The van der Waals surface area contributed by atoms with E-state index in [4.69, 9.17) is 4.74 Å². The molecule has 1 N–H and O–H groups in total. The molecule has 2 aromatic rings. The predicted octanol–water partition coefficient (Wildman–Crippen LogP) is 3.69. The minimum atomic E-state index is -0.0750. The number of allylic oxidation sites excluding steroid dienone is 1. The number of fused-ring (bicyclic) bond motifs is 1. The van der Waals surface area contributed by atoms with Gasteiger partial charge in [0, 0.05) is 18.2 Å². The molecule has 1 amide bonds. The van der Waals surface area contributed by atoms with Crippen molar-refractivity contribution in [2.45, 2.75) is 33.3 Å². The third-order valence-electron chi connectivity index (χ3n) is 4.23. The van der Waals surface area contributed by atoms with E-state index in [1.54, 1.807) is 12.3 Å². The van der Waals surface area contributed by atoms with Gasteiger partial charge in [0.1, 0.15) is 11.9 Å². The van der Waals surface area contributed by atoms with Crippen LogP contribution in [-0.4, -0.2) is 23.5 Å². The van der Waals surface area contributed by atoms with Gasteiger partial charge in [-0.05, 0) is 42.2 Å². The molecule has 0 radical (unpaired) electrons. The molecule has 0 aliphatic carbocycles. The molecule has 130 valence electrons.